The highest BCUT2D eigenvalue weighted by molar-refractivity contribution is 9.10. The number of para-hydroxylation sites is 1. The molecule has 0 spiro atoms. The first-order chi connectivity index (χ1) is 9.66. The summed E-state index contributed by atoms with van der Waals surface area (Å²) in [5.74, 6) is -0.0104. The molecule has 4 heteroatoms. The molecule has 0 saturated carbocycles. The summed E-state index contributed by atoms with van der Waals surface area (Å²) >= 11 is 3.08. The predicted molar refractivity (Wildman–Crippen MR) is 77.8 cm³/mol. The number of carbonyl (C=O) groups excluding carboxylic acids is 1. The van der Waals surface area contributed by atoms with Crippen LogP contribution in [-0.4, -0.2) is 12.4 Å². The highest BCUT2D eigenvalue weighted by Gasteiger charge is 2.20. The average molecular weight is 335 g/mol. The number of halogens is 2. The molecule has 1 aliphatic heterocycles. The van der Waals surface area contributed by atoms with Crippen LogP contribution in [-0.2, 0) is 6.42 Å². The maximum atomic E-state index is 13.6. The summed E-state index contributed by atoms with van der Waals surface area (Å²) in [4.78, 5) is 12.5. The molecule has 0 aromatic heterocycles. The van der Waals surface area contributed by atoms with Gasteiger partial charge in [-0.05, 0) is 58.6 Å². The molecule has 0 bridgehead atoms. The molecular weight excluding hydrogens is 323 g/mol. The highest BCUT2D eigenvalue weighted by atomic mass is 79.9. The van der Waals surface area contributed by atoms with Gasteiger partial charge in [0.05, 0.1) is 16.6 Å². The van der Waals surface area contributed by atoms with Crippen molar-refractivity contribution in [3.63, 3.8) is 0 Å². The fraction of sp³-hybridized carbons (Fsp3) is 0.188. The lowest BCUT2D eigenvalue weighted by molar-refractivity contribution is 0.103. The van der Waals surface area contributed by atoms with E-state index in [0.717, 1.165) is 18.4 Å². The van der Waals surface area contributed by atoms with E-state index in [0.29, 0.717) is 28.0 Å². The van der Waals surface area contributed by atoms with E-state index >= 15 is 0 Å². The third kappa shape index (κ3) is 2.36. The third-order valence-electron chi connectivity index (χ3n) is 3.36. The Balaban J connectivity index is 2.04. The zero-order valence-electron chi connectivity index (χ0n) is 10.7. The van der Waals surface area contributed by atoms with Gasteiger partial charge in [0.15, 0.2) is 5.78 Å². The Hall–Kier alpha value is -1.68. The fourth-order valence-corrected chi connectivity index (χ4v) is 2.61. The number of carbonyl (C=O) groups is 1. The Bertz CT molecular complexity index is 682. The Labute approximate surface area is 124 Å². The van der Waals surface area contributed by atoms with Gasteiger partial charge in [-0.3, -0.25) is 4.79 Å². The molecule has 0 saturated heterocycles. The van der Waals surface area contributed by atoms with Crippen LogP contribution in [0.3, 0.4) is 0 Å². The first-order valence-electron chi connectivity index (χ1n) is 6.41. The van der Waals surface area contributed by atoms with Gasteiger partial charge in [-0.2, -0.15) is 0 Å². The number of fused-ring (bicyclic) bond motifs is 1. The first kappa shape index (κ1) is 13.3. The molecule has 1 heterocycles. The van der Waals surface area contributed by atoms with Gasteiger partial charge < -0.3 is 4.74 Å². The van der Waals surface area contributed by atoms with E-state index in [1.807, 2.05) is 12.1 Å². The molecule has 0 fully saturated rings. The van der Waals surface area contributed by atoms with Crippen molar-refractivity contribution in [2.24, 2.45) is 0 Å². The van der Waals surface area contributed by atoms with Gasteiger partial charge in [0, 0.05) is 5.56 Å². The molecule has 2 nitrogen and oxygen atoms in total. The van der Waals surface area contributed by atoms with E-state index in [9.17, 15) is 9.18 Å². The normalized spacial score (nSPS) is 13.5. The predicted octanol–water partition coefficient (Wildman–Crippen LogP) is 4.14. The van der Waals surface area contributed by atoms with E-state index in [1.165, 1.54) is 6.07 Å². The van der Waals surface area contributed by atoms with Crippen LogP contribution >= 0.6 is 15.9 Å². The van der Waals surface area contributed by atoms with Crippen LogP contribution in [0.1, 0.15) is 27.9 Å². The van der Waals surface area contributed by atoms with E-state index in [4.69, 9.17) is 4.74 Å². The number of hydrogen-bond acceptors (Lipinski definition) is 2. The molecule has 0 aliphatic carbocycles. The Morgan fingerprint density at radius 1 is 1.25 bits per heavy atom. The smallest absolute Gasteiger partial charge is 0.196 e. The van der Waals surface area contributed by atoms with Gasteiger partial charge in [0.2, 0.25) is 0 Å². The van der Waals surface area contributed by atoms with Crippen LogP contribution in [0.25, 0.3) is 0 Å². The Kier molecular flexibility index (Phi) is 3.57. The van der Waals surface area contributed by atoms with E-state index in [2.05, 4.69) is 15.9 Å². The molecule has 1 aliphatic rings. The quantitative estimate of drug-likeness (QED) is 0.771. The van der Waals surface area contributed by atoms with Crippen LogP contribution in [0.2, 0.25) is 0 Å². The van der Waals surface area contributed by atoms with Gasteiger partial charge in [-0.15, -0.1) is 0 Å². The summed E-state index contributed by atoms with van der Waals surface area (Å²) in [6.07, 6.45) is 1.86. The Morgan fingerprint density at radius 3 is 2.90 bits per heavy atom. The number of ketones is 1. The third-order valence-corrected chi connectivity index (χ3v) is 4.00. The largest absolute Gasteiger partial charge is 0.493 e. The second-order valence-electron chi connectivity index (χ2n) is 4.70. The zero-order valence-corrected chi connectivity index (χ0v) is 12.2. The van der Waals surface area contributed by atoms with Crippen LogP contribution in [0, 0.1) is 5.82 Å². The SMILES string of the molecule is O=C(c1ccc(Br)c(F)c1)c1cccc2c1OCCC2. The molecule has 0 radical (unpaired) electrons. The van der Waals surface area contributed by atoms with Crippen LogP contribution in [0.15, 0.2) is 40.9 Å². The van der Waals surface area contributed by atoms with Crippen molar-refractivity contribution in [2.45, 2.75) is 12.8 Å². The van der Waals surface area contributed by atoms with Gasteiger partial charge in [0.25, 0.3) is 0 Å². The minimum atomic E-state index is -0.443. The number of aryl methyl sites for hydroxylation is 1. The van der Waals surface area contributed by atoms with Gasteiger partial charge >= 0.3 is 0 Å². The van der Waals surface area contributed by atoms with Crippen molar-refractivity contribution in [1.29, 1.82) is 0 Å². The van der Waals surface area contributed by atoms with Crippen LogP contribution < -0.4 is 4.74 Å². The van der Waals surface area contributed by atoms with Crippen molar-refractivity contribution >= 4 is 21.7 Å². The lowest BCUT2D eigenvalue weighted by Gasteiger charge is -2.19. The van der Waals surface area contributed by atoms with Crippen molar-refractivity contribution in [2.75, 3.05) is 6.61 Å². The lowest BCUT2D eigenvalue weighted by Crippen LogP contribution is -2.13. The summed E-state index contributed by atoms with van der Waals surface area (Å²) in [6.45, 7) is 0.617. The van der Waals surface area contributed by atoms with Crippen molar-refractivity contribution in [3.8, 4) is 5.75 Å². The minimum Gasteiger partial charge on any atom is -0.493 e. The second-order valence-corrected chi connectivity index (χ2v) is 5.56. The monoisotopic (exact) mass is 334 g/mol. The fourth-order valence-electron chi connectivity index (χ4n) is 2.36. The highest BCUT2D eigenvalue weighted by Crippen LogP contribution is 2.31. The summed E-state index contributed by atoms with van der Waals surface area (Å²) in [5.41, 5.74) is 1.87. The molecule has 0 unspecified atom stereocenters. The summed E-state index contributed by atoms with van der Waals surface area (Å²) < 4.78 is 19.5. The van der Waals surface area contributed by atoms with Crippen LogP contribution in [0.4, 0.5) is 4.39 Å². The molecule has 0 N–H and O–H groups in total. The topological polar surface area (TPSA) is 26.3 Å². The maximum absolute atomic E-state index is 13.6. The van der Waals surface area contributed by atoms with Crippen molar-refractivity contribution in [1.82, 2.24) is 0 Å². The van der Waals surface area contributed by atoms with Crippen molar-refractivity contribution in [3.05, 3.63) is 63.4 Å². The average Bonchev–Trinajstić information content (AvgIpc) is 2.49. The molecule has 0 amide bonds. The summed E-state index contributed by atoms with van der Waals surface area (Å²) in [7, 11) is 0. The minimum absolute atomic E-state index is 0.213. The van der Waals surface area contributed by atoms with Gasteiger partial charge in [0.1, 0.15) is 11.6 Å². The van der Waals surface area contributed by atoms with Gasteiger partial charge in [-0.1, -0.05) is 12.1 Å². The zero-order chi connectivity index (χ0) is 14.1. The van der Waals surface area contributed by atoms with Crippen molar-refractivity contribution < 1.29 is 13.9 Å². The molecule has 102 valence electrons. The lowest BCUT2D eigenvalue weighted by atomic mass is 9.97. The second kappa shape index (κ2) is 5.37. The number of rotatable bonds is 2. The molecule has 20 heavy (non-hydrogen) atoms. The van der Waals surface area contributed by atoms with Crippen LogP contribution in [0.5, 0.6) is 5.75 Å². The number of benzene rings is 2. The first-order valence-corrected chi connectivity index (χ1v) is 7.20. The molecule has 2 aromatic rings. The maximum Gasteiger partial charge on any atom is 0.196 e. The molecule has 3 rings (SSSR count). The Morgan fingerprint density at radius 2 is 2.10 bits per heavy atom. The van der Waals surface area contributed by atoms with Gasteiger partial charge in [-0.25, -0.2) is 4.39 Å². The number of ether oxygens (including phenoxy) is 1. The number of hydrogen-bond donors (Lipinski definition) is 0. The van der Waals surface area contributed by atoms with E-state index in [-0.39, 0.29) is 5.78 Å². The van der Waals surface area contributed by atoms with E-state index in [1.54, 1.807) is 18.2 Å². The molecule has 2 aromatic carbocycles. The summed E-state index contributed by atoms with van der Waals surface area (Å²) in [5, 5.41) is 0. The standard InChI is InChI=1S/C16H12BrFO2/c17-13-7-6-11(9-14(13)18)15(19)12-5-1-3-10-4-2-8-20-16(10)12/h1,3,5-7,9H,2,4,8H2. The summed E-state index contributed by atoms with van der Waals surface area (Å²) in [6, 6.07) is 9.93. The molecule has 0 atom stereocenters. The van der Waals surface area contributed by atoms with E-state index < -0.39 is 5.82 Å². The molecular formula is C16H12BrFO2.